The average Bonchev–Trinajstić information content (AvgIpc) is 2.35. The molecule has 0 aromatic rings. The third-order valence-electron chi connectivity index (χ3n) is 2.48. The van der Waals surface area contributed by atoms with Crippen LogP contribution in [-0.4, -0.2) is 64.4 Å². The summed E-state index contributed by atoms with van der Waals surface area (Å²) < 4.78 is 2.95. The lowest BCUT2D eigenvalue weighted by Crippen LogP contribution is -2.45. The molecule has 0 unspecified atom stereocenters. The summed E-state index contributed by atoms with van der Waals surface area (Å²) in [6.45, 7) is 1.21. The van der Waals surface area contributed by atoms with E-state index in [1.54, 1.807) is 4.90 Å². The van der Waals surface area contributed by atoms with Gasteiger partial charge in [0.1, 0.15) is 12.6 Å². The Morgan fingerprint density at radius 2 is 2.26 bits per heavy atom. The van der Waals surface area contributed by atoms with Crippen molar-refractivity contribution >= 4 is 29.8 Å². The van der Waals surface area contributed by atoms with Crippen molar-refractivity contribution in [1.82, 2.24) is 9.62 Å². The van der Waals surface area contributed by atoms with E-state index in [0.717, 1.165) is 6.42 Å². The largest absolute Gasteiger partial charge is 0.480 e. The highest BCUT2D eigenvalue weighted by molar-refractivity contribution is 7.97. The number of guanidine groups is 1. The van der Waals surface area contributed by atoms with Gasteiger partial charge in [-0.2, -0.15) is 0 Å². The Balaban J connectivity index is 2.31. The van der Waals surface area contributed by atoms with Crippen molar-refractivity contribution < 1.29 is 19.8 Å². The molecule has 0 saturated carbocycles. The van der Waals surface area contributed by atoms with Crippen molar-refractivity contribution in [1.29, 1.82) is 0 Å². The van der Waals surface area contributed by atoms with E-state index >= 15 is 0 Å². The molecule has 1 rings (SSSR count). The predicted octanol–water partition coefficient (Wildman–Crippen LogP) is -0.827. The Hall–Kier alpha value is -1.48. The van der Waals surface area contributed by atoms with Crippen molar-refractivity contribution in [3.8, 4) is 0 Å². The fourth-order valence-corrected chi connectivity index (χ4v) is 2.29. The van der Waals surface area contributed by atoms with Crippen LogP contribution in [0.5, 0.6) is 0 Å². The maximum absolute atomic E-state index is 10.7. The van der Waals surface area contributed by atoms with E-state index in [1.807, 2.05) is 0 Å². The topological polar surface area (TPSA) is 128 Å². The second kappa shape index (κ2) is 7.85. The second-order valence-corrected chi connectivity index (χ2v) is 4.96. The molecule has 19 heavy (non-hydrogen) atoms. The lowest BCUT2D eigenvalue weighted by molar-refractivity contribution is -0.139. The van der Waals surface area contributed by atoms with Gasteiger partial charge in [0.15, 0.2) is 0 Å². The molecule has 0 fully saturated rings. The molecule has 0 radical (unpaired) electrons. The monoisotopic (exact) mass is 290 g/mol. The molecule has 0 aromatic carbocycles. The minimum Gasteiger partial charge on any atom is -0.480 e. The number of carbonyl (C=O) groups is 2. The molecular formula is C10H18N4O4S. The Labute approximate surface area is 115 Å². The van der Waals surface area contributed by atoms with Gasteiger partial charge < -0.3 is 25.6 Å². The molecule has 1 aliphatic heterocycles. The summed E-state index contributed by atoms with van der Waals surface area (Å²) in [6.07, 6.45) is 1.16. The number of rotatable bonds is 7. The summed E-state index contributed by atoms with van der Waals surface area (Å²) in [5.74, 6) is -0.895. The smallest absolute Gasteiger partial charge is 0.323 e. The van der Waals surface area contributed by atoms with Crippen molar-refractivity contribution in [3.05, 3.63) is 0 Å². The molecule has 108 valence electrons. The summed E-state index contributed by atoms with van der Waals surface area (Å²) in [5.41, 5.74) is 5.37. The Morgan fingerprint density at radius 3 is 2.89 bits per heavy atom. The highest BCUT2D eigenvalue weighted by Gasteiger charge is 2.18. The second-order valence-electron chi connectivity index (χ2n) is 4.06. The molecule has 0 bridgehead atoms. The van der Waals surface area contributed by atoms with Crippen molar-refractivity contribution in [2.45, 2.75) is 18.9 Å². The van der Waals surface area contributed by atoms with E-state index in [4.69, 9.17) is 15.9 Å². The van der Waals surface area contributed by atoms with Gasteiger partial charge in [-0.05, 0) is 12.8 Å². The molecule has 1 aliphatic rings. The quantitative estimate of drug-likeness (QED) is 0.353. The first-order valence-corrected chi connectivity index (χ1v) is 6.86. The first-order valence-electron chi connectivity index (χ1n) is 5.88. The number of aliphatic imine (C=N–C) groups is 1. The molecule has 8 nitrogen and oxygen atoms in total. The van der Waals surface area contributed by atoms with Gasteiger partial charge >= 0.3 is 11.9 Å². The summed E-state index contributed by atoms with van der Waals surface area (Å²) in [6, 6.07) is -0.877. The zero-order chi connectivity index (χ0) is 14.3. The summed E-state index contributed by atoms with van der Waals surface area (Å²) in [7, 11) is 0. The number of hydrogen-bond acceptors (Lipinski definition) is 7. The fourth-order valence-electron chi connectivity index (χ4n) is 1.49. The van der Waals surface area contributed by atoms with E-state index in [1.165, 1.54) is 11.9 Å². The fraction of sp³-hybridized carbons (Fsp3) is 0.700. The average molecular weight is 290 g/mol. The minimum absolute atomic E-state index is 0.0962. The SMILES string of the molecule is N[C@H](CCSNC1=NCCCN1CC(=O)O)C(=O)O. The molecule has 9 heteroatoms. The Bertz CT molecular complexity index is 363. The van der Waals surface area contributed by atoms with Crippen LogP contribution in [0.3, 0.4) is 0 Å². The lowest BCUT2D eigenvalue weighted by atomic mass is 10.2. The van der Waals surface area contributed by atoms with Crippen LogP contribution in [0.1, 0.15) is 12.8 Å². The van der Waals surface area contributed by atoms with Gasteiger partial charge in [-0.3, -0.25) is 14.6 Å². The normalized spacial score (nSPS) is 16.7. The van der Waals surface area contributed by atoms with Crippen LogP contribution in [0, 0.1) is 0 Å². The molecule has 0 saturated heterocycles. The van der Waals surface area contributed by atoms with Crippen LogP contribution in [0.25, 0.3) is 0 Å². The number of nitrogens with one attached hydrogen (secondary N) is 1. The number of carboxylic acid groups (broad SMARTS) is 2. The van der Waals surface area contributed by atoms with E-state index < -0.39 is 18.0 Å². The Kier molecular flexibility index (Phi) is 6.43. The van der Waals surface area contributed by atoms with Crippen LogP contribution < -0.4 is 10.5 Å². The lowest BCUT2D eigenvalue weighted by Gasteiger charge is -2.27. The standard InChI is InChI=1S/C10H18N4O4S/c11-7(9(17)18)2-5-19-13-10-12-3-1-4-14(10)6-8(15)16/h7H,1-6,11H2,(H,12,13)(H,15,16)(H,17,18)/t7-/m1/s1. The van der Waals surface area contributed by atoms with Crippen LogP contribution in [0.15, 0.2) is 4.99 Å². The van der Waals surface area contributed by atoms with Gasteiger partial charge in [-0.15, -0.1) is 0 Å². The van der Waals surface area contributed by atoms with Crippen molar-refractivity contribution in [3.63, 3.8) is 0 Å². The Morgan fingerprint density at radius 1 is 1.53 bits per heavy atom. The van der Waals surface area contributed by atoms with E-state index in [-0.39, 0.29) is 6.54 Å². The number of nitrogens with zero attached hydrogens (tertiary/aromatic N) is 2. The van der Waals surface area contributed by atoms with Gasteiger partial charge in [0.25, 0.3) is 0 Å². The molecule has 1 atom stereocenters. The predicted molar refractivity (Wildman–Crippen MR) is 71.9 cm³/mol. The van der Waals surface area contributed by atoms with Crippen molar-refractivity contribution in [2.24, 2.45) is 10.7 Å². The summed E-state index contributed by atoms with van der Waals surface area (Å²) >= 11 is 1.28. The number of hydrogen-bond donors (Lipinski definition) is 4. The first-order chi connectivity index (χ1) is 9.00. The summed E-state index contributed by atoms with van der Waals surface area (Å²) in [5, 5.41) is 17.4. The number of aliphatic carboxylic acids is 2. The van der Waals surface area contributed by atoms with Gasteiger partial charge in [0.2, 0.25) is 5.96 Å². The third-order valence-corrected chi connectivity index (χ3v) is 3.25. The number of nitrogens with two attached hydrogens (primary N) is 1. The van der Waals surface area contributed by atoms with E-state index in [2.05, 4.69) is 9.71 Å². The molecular weight excluding hydrogens is 272 g/mol. The number of carboxylic acids is 2. The molecule has 0 aliphatic carbocycles. The van der Waals surface area contributed by atoms with Crippen LogP contribution in [0.4, 0.5) is 0 Å². The van der Waals surface area contributed by atoms with Gasteiger partial charge in [-0.25, -0.2) is 0 Å². The van der Waals surface area contributed by atoms with Crippen LogP contribution in [-0.2, 0) is 9.59 Å². The summed E-state index contributed by atoms with van der Waals surface area (Å²) in [4.78, 5) is 27.1. The van der Waals surface area contributed by atoms with Crippen LogP contribution in [0.2, 0.25) is 0 Å². The van der Waals surface area contributed by atoms with Crippen LogP contribution >= 0.6 is 11.9 Å². The molecule has 0 spiro atoms. The molecule has 0 aromatic heterocycles. The molecule has 0 amide bonds. The maximum atomic E-state index is 10.7. The molecule has 5 N–H and O–H groups in total. The van der Waals surface area contributed by atoms with E-state index in [0.29, 0.717) is 31.2 Å². The minimum atomic E-state index is -1.02. The van der Waals surface area contributed by atoms with Crippen molar-refractivity contribution in [2.75, 3.05) is 25.4 Å². The van der Waals surface area contributed by atoms with E-state index in [9.17, 15) is 9.59 Å². The van der Waals surface area contributed by atoms with Gasteiger partial charge in [-0.1, -0.05) is 11.9 Å². The maximum Gasteiger partial charge on any atom is 0.323 e. The first kappa shape index (κ1) is 15.6. The zero-order valence-electron chi connectivity index (χ0n) is 10.4. The molecule has 1 heterocycles. The van der Waals surface area contributed by atoms with Gasteiger partial charge in [0, 0.05) is 18.8 Å². The highest BCUT2D eigenvalue weighted by Crippen LogP contribution is 2.06. The highest BCUT2D eigenvalue weighted by atomic mass is 32.2. The zero-order valence-corrected chi connectivity index (χ0v) is 11.2. The van der Waals surface area contributed by atoms with Gasteiger partial charge in [0.05, 0.1) is 0 Å². The third kappa shape index (κ3) is 5.79.